The summed E-state index contributed by atoms with van der Waals surface area (Å²) in [6, 6.07) is 7.60. The molecule has 6 heteroatoms. The predicted molar refractivity (Wildman–Crippen MR) is 79.8 cm³/mol. The molecular weight excluding hydrogens is 284 g/mol. The summed E-state index contributed by atoms with van der Waals surface area (Å²) in [6.45, 7) is 1.28. The van der Waals surface area contributed by atoms with Crippen LogP contribution in [0.3, 0.4) is 0 Å². The Balaban J connectivity index is 1.53. The molecule has 2 amide bonds. The monoisotopic (exact) mass is 304 g/mol. The number of para-hydroxylation sites is 2. The summed E-state index contributed by atoms with van der Waals surface area (Å²) in [4.78, 5) is 27.7. The predicted octanol–water partition coefficient (Wildman–Crippen LogP) is 0.907. The van der Waals surface area contributed by atoms with Gasteiger partial charge in [0.05, 0.1) is 13.7 Å². The molecule has 1 aromatic rings. The number of amides is 2. The van der Waals surface area contributed by atoms with E-state index in [0.29, 0.717) is 30.6 Å². The van der Waals surface area contributed by atoms with Crippen molar-refractivity contribution in [2.24, 2.45) is 0 Å². The normalized spacial score (nSPS) is 18.3. The number of hydrogen-bond donors (Lipinski definition) is 0. The molecule has 0 N–H and O–H groups in total. The van der Waals surface area contributed by atoms with Crippen molar-refractivity contribution < 1.29 is 19.1 Å². The molecule has 2 fully saturated rings. The van der Waals surface area contributed by atoms with Crippen LogP contribution in [0, 0.1) is 0 Å². The van der Waals surface area contributed by atoms with E-state index in [2.05, 4.69) is 0 Å². The molecule has 0 bridgehead atoms. The standard InChI is InChI=1S/C16H20N2O4/c1-21-13-4-2-3-5-14(13)22-11-16(20)17-8-9-18(12-6-7-12)15(19)10-17/h2-5,12H,6-11H2,1H3. The first-order valence-electron chi connectivity index (χ1n) is 7.52. The maximum absolute atomic E-state index is 12.2. The number of methoxy groups -OCH3 is 1. The van der Waals surface area contributed by atoms with E-state index < -0.39 is 0 Å². The Labute approximate surface area is 129 Å². The molecular formula is C16H20N2O4. The summed E-state index contributed by atoms with van der Waals surface area (Å²) < 4.78 is 10.7. The first-order chi connectivity index (χ1) is 10.7. The summed E-state index contributed by atoms with van der Waals surface area (Å²) in [6.07, 6.45) is 2.19. The van der Waals surface area contributed by atoms with Crippen molar-refractivity contribution >= 4 is 11.8 Å². The van der Waals surface area contributed by atoms with Crippen LogP contribution in [0.5, 0.6) is 11.5 Å². The first kappa shape index (κ1) is 14.7. The van der Waals surface area contributed by atoms with E-state index in [4.69, 9.17) is 9.47 Å². The van der Waals surface area contributed by atoms with Crippen LogP contribution < -0.4 is 9.47 Å². The largest absolute Gasteiger partial charge is 0.493 e. The summed E-state index contributed by atoms with van der Waals surface area (Å²) in [5.74, 6) is 0.986. The number of carbonyl (C=O) groups is 2. The van der Waals surface area contributed by atoms with Crippen LogP contribution in [-0.2, 0) is 9.59 Å². The number of carbonyl (C=O) groups excluding carboxylic acids is 2. The lowest BCUT2D eigenvalue weighted by Crippen LogP contribution is -2.53. The van der Waals surface area contributed by atoms with E-state index in [-0.39, 0.29) is 25.0 Å². The summed E-state index contributed by atoms with van der Waals surface area (Å²) in [7, 11) is 1.56. The molecule has 6 nitrogen and oxygen atoms in total. The maximum atomic E-state index is 12.2. The van der Waals surface area contributed by atoms with Crippen LogP contribution >= 0.6 is 0 Å². The Bertz CT molecular complexity index is 571. The number of piperazine rings is 1. The van der Waals surface area contributed by atoms with E-state index in [0.717, 1.165) is 12.8 Å². The van der Waals surface area contributed by atoms with Crippen molar-refractivity contribution in [3.05, 3.63) is 24.3 Å². The third-order valence-corrected chi connectivity index (χ3v) is 4.02. The number of ether oxygens (including phenoxy) is 2. The van der Waals surface area contributed by atoms with Gasteiger partial charge in [-0.2, -0.15) is 0 Å². The van der Waals surface area contributed by atoms with Crippen molar-refractivity contribution in [1.82, 2.24) is 9.80 Å². The molecule has 118 valence electrons. The zero-order valence-corrected chi connectivity index (χ0v) is 12.7. The van der Waals surface area contributed by atoms with Crippen LogP contribution in [0.25, 0.3) is 0 Å². The fraction of sp³-hybridized carbons (Fsp3) is 0.500. The van der Waals surface area contributed by atoms with E-state index in [1.54, 1.807) is 24.1 Å². The highest BCUT2D eigenvalue weighted by Gasteiger charge is 2.36. The number of rotatable bonds is 5. The molecule has 22 heavy (non-hydrogen) atoms. The highest BCUT2D eigenvalue weighted by atomic mass is 16.5. The lowest BCUT2D eigenvalue weighted by molar-refractivity contribution is -0.146. The molecule has 1 saturated heterocycles. The first-order valence-corrected chi connectivity index (χ1v) is 7.52. The molecule has 0 aromatic heterocycles. The number of hydrogen-bond acceptors (Lipinski definition) is 4. The van der Waals surface area contributed by atoms with Gasteiger partial charge in [0, 0.05) is 19.1 Å². The van der Waals surface area contributed by atoms with E-state index in [9.17, 15) is 9.59 Å². The van der Waals surface area contributed by atoms with Gasteiger partial charge in [-0.05, 0) is 25.0 Å². The van der Waals surface area contributed by atoms with Crippen molar-refractivity contribution in [1.29, 1.82) is 0 Å². The van der Waals surface area contributed by atoms with E-state index in [1.807, 2.05) is 17.0 Å². The second-order valence-corrected chi connectivity index (χ2v) is 5.57. The fourth-order valence-corrected chi connectivity index (χ4v) is 2.64. The van der Waals surface area contributed by atoms with Crippen LogP contribution in [0.4, 0.5) is 0 Å². The van der Waals surface area contributed by atoms with Gasteiger partial charge in [-0.25, -0.2) is 0 Å². The molecule has 1 aliphatic carbocycles. The molecule has 1 saturated carbocycles. The second kappa shape index (κ2) is 6.25. The Morgan fingerprint density at radius 1 is 1.23 bits per heavy atom. The highest BCUT2D eigenvalue weighted by Crippen LogP contribution is 2.28. The van der Waals surface area contributed by atoms with Crippen LogP contribution in [-0.4, -0.2) is 61.0 Å². The smallest absolute Gasteiger partial charge is 0.261 e. The molecule has 0 spiro atoms. The van der Waals surface area contributed by atoms with Gasteiger partial charge in [0.2, 0.25) is 5.91 Å². The molecule has 0 unspecified atom stereocenters. The zero-order chi connectivity index (χ0) is 15.5. The Morgan fingerprint density at radius 3 is 2.59 bits per heavy atom. The van der Waals surface area contributed by atoms with Crippen LogP contribution in [0.1, 0.15) is 12.8 Å². The molecule has 1 aromatic carbocycles. The van der Waals surface area contributed by atoms with Crippen LogP contribution in [0.2, 0.25) is 0 Å². The Morgan fingerprint density at radius 2 is 1.95 bits per heavy atom. The summed E-state index contributed by atoms with van der Waals surface area (Å²) in [5.41, 5.74) is 0. The van der Waals surface area contributed by atoms with E-state index in [1.165, 1.54) is 0 Å². The molecule has 3 rings (SSSR count). The van der Waals surface area contributed by atoms with Crippen LogP contribution in [0.15, 0.2) is 24.3 Å². The van der Waals surface area contributed by atoms with Crippen molar-refractivity contribution in [2.45, 2.75) is 18.9 Å². The lowest BCUT2D eigenvalue weighted by atomic mass is 10.3. The molecule has 2 aliphatic rings. The third-order valence-electron chi connectivity index (χ3n) is 4.02. The topological polar surface area (TPSA) is 59.1 Å². The molecule has 1 heterocycles. The van der Waals surface area contributed by atoms with Crippen molar-refractivity contribution in [2.75, 3.05) is 33.4 Å². The van der Waals surface area contributed by atoms with Crippen molar-refractivity contribution in [3.63, 3.8) is 0 Å². The van der Waals surface area contributed by atoms with Gasteiger partial charge in [-0.3, -0.25) is 9.59 Å². The number of benzene rings is 1. The second-order valence-electron chi connectivity index (χ2n) is 5.57. The van der Waals surface area contributed by atoms with Gasteiger partial charge in [-0.15, -0.1) is 0 Å². The minimum absolute atomic E-state index is 0.0411. The third kappa shape index (κ3) is 3.16. The van der Waals surface area contributed by atoms with Gasteiger partial charge in [-0.1, -0.05) is 12.1 Å². The molecule has 0 radical (unpaired) electrons. The SMILES string of the molecule is COc1ccccc1OCC(=O)N1CCN(C2CC2)C(=O)C1. The summed E-state index contributed by atoms with van der Waals surface area (Å²) >= 11 is 0. The van der Waals surface area contributed by atoms with Gasteiger partial charge in [0.1, 0.15) is 0 Å². The highest BCUT2D eigenvalue weighted by molar-refractivity contribution is 5.87. The van der Waals surface area contributed by atoms with Gasteiger partial charge in [0.25, 0.3) is 5.91 Å². The Hall–Kier alpha value is -2.24. The lowest BCUT2D eigenvalue weighted by Gasteiger charge is -2.34. The molecule has 0 atom stereocenters. The maximum Gasteiger partial charge on any atom is 0.261 e. The van der Waals surface area contributed by atoms with Gasteiger partial charge >= 0.3 is 0 Å². The zero-order valence-electron chi connectivity index (χ0n) is 12.7. The molecule has 1 aliphatic heterocycles. The number of nitrogens with zero attached hydrogens (tertiary/aromatic N) is 2. The Kier molecular flexibility index (Phi) is 4.18. The minimum Gasteiger partial charge on any atom is -0.493 e. The average molecular weight is 304 g/mol. The summed E-state index contributed by atoms with van der Waals surface area (Å²) in [5, 5.41) is 0. The van der Waals surface area contributed by atoms with Gasteiger partial charge in [0.15, 0.2) is 18.1 Å². The minimum atomic E-state index is -0.172. The fourth-order valence-electron chi connectivity index (χ4n) is 2.64. The van der Waals surface area contributed by atoms with E-state index >= 15 is 0 Å². The van der Waals surface area contributed by atoms with Crippen molar-refractivity contribution in [3.8, 4) is 11.5 Å². The average Bonchev–Trinajstić information content (AvgIpc) is 3.37. The van der Waals surface area contributed by atoms with Gasteiger partial charge < -0.3 is 19.3 Å². The quantitative estimate of drug-likeness (QED) is 0.811.